The molecule has 1 saturated heterocycles. The molecule has 0 radical (unpaired) electrons. The average molecular weight is 287 g/mol. The molecule has 0 spiro atoms. The Kier molecular flexibility index (Phi) is 5.02. The molecular formula is C14H20ClFN2O. The van der Waals surface area contributed by atoms with Crippen molar-refractivity contribution >= 4 is 11.6 Å². The zero-order valence-corrected chi connectivity index (χ0v) is 12.1. The molecule has 1 aromatic rings. The standard InChI is InChI=1S/C14H20ClFN2O/c1-3-19-14-12(15)8-11(9-13(14)16)10(2)18-6-4-17-5-7-18/h8-10,17H,3-7H2,1-2H3/t10-/m1/s1. The van der Waals surface area contributed by atoms with Gasteiger partial charge in [0, 0.05) is 32.2 Å². The normalized spacial score (nSPS) is 18.3. The number of rotatable bonds is 4. The molecule has 0 bridgehead atoms. The Bertz CT molecular complexity index is 412. The highest BCUT2D eigenvalue weighted by molar-refractivity contribution is 6.32. The van der Waals surface area contributed by atoms with Gasteiger partial charge < -0.3 is 10.1 Å². The van der Waals surface area contributed by atoms with Crippen molar-refractivity contribution in [2.75, 3.05) is 32.8 Å². The summed E-state index contributed by atoms with van der Waals surface area (Å²) in [4.78, 5) is 2.32. The van der Waals surface area contributed by atoms with Crippen molar-refractivity contribution in [3.05, 3.63) is 28.5 Å². The molecule has 1 fully saturated rings. The van der Waals surface area contributed by atoms with Crippen LogP contribution in [-0.4, -0.2) is 37.7 Å². The van der Waals surface area contributed by atoms with Crippen LogP contribution in [0.3, 0.4) is 0 Å². The zero-order chi connectivity index (χ0) is 13.8. The highest BCUT2D eigenvalue weighted by Crippen LogP contribution is 2.33. The molecule has 106 valence electrons. The van der Waals surface area contributed by atoms with Gasteiger partial charge in [-0.1, -0.05) is 11.6 Å². The molecular weight excluding hydrogens is 267 g/mol. The first-order valence-corrected chi connectivity index (χ1v) is 7.07. The third-order valence-electron chi connectivity index (χ3n) is 3.49. The van der Waals surface area contributed by atoms with Gasteiger partial charge in [-0.3, -0.25) is 4.90 Å². The molecule has 0 amide bonds. The van der Waals surface area contributed by atoms with Crippen molar-refractivity contribution in [3.63, 3.8) is 0 Å². The first kappa shape index (κ1) is 14.6. The fourth-order valence-electron chi connectivity index (χ4n) is 2.38. The van der Waals surface area contributed by atoms with Gasteiger partial charge in [0.1, 0.15) is 0 Å². The van der Waals surface area contributed by atoms with E-state index in [4.69, 9.17) is 16.3 Å². The fourth-order valence-corrected chi connectivity index (χ4v) is 2.65. The molecule has 19 heavy (non-hydrogen) atoms. The second-order valence-corrected chi connectivity index (χ2v) is 5.12. The lowest BCUT2D eigenvalue weighted by Crippen LogP contribution is -2.44. The van der Waals surface area contributed by atoms with Crippen LogP contribution in [0.15, 0.2) is 12.1 Å². The van der Waals surface area contributed by atoms with E-state index in [1.54, 1.807) is 0 Å². The third-order valence-corrected chi connectivity index (χ3v) is 3.77. The topological polar surface area (TPSA) is 24.5 Å². The van der Waals surface area contributed by atoms with Crippen LogP contribution in [0.25, 0.3) is 0 Å². The van der Waals surface area contributed by atoms with Crippen LogP contribution in [0.5, 0.6) is 5.75 Å². The Balaban J connectivity index is 2.20. The maximum Gasteiger partial charge on any atom is 0.173 e. The van der Waals surface area contributed by atoms with Gasteiger partial charge in [0.15, 0.2) is 11.6 Å². The summed E-state index contributed by atoms with van der Waals surface area (Å²) in [6, 6.07) is 3.50. The van der Waals surface area contributed by atoms with Crippen LogP contribution in [0.2, 0.25) is 5.02 Å². The summed E-state index contributed by atoms with van der Waals surface area (Å²) in [6.45, 7) is 8.17. The number of benzene rings is 1. The van der Waals surface area contributed by atoms with Crippen LogP contribution in [0, 0.1) is 5.82 Å². The number of halogens is 2. The van der Waals surface area contributed by atoms with Crippen molar-refractivity contribution in [1.82, 2.24) is 10.2 Å². The van der Waals surface area contributed by atoms with Gasteiger partial charge in [-0.2, -0.15) is 0 Å². The van der Waals surface area contributed by atoms with Crippen molar-refractivity contribution < 1.29 is 9.13 Å². The molecule has 1 aliphatic heterocycles. The molecule has 1 N–H and O–H groups in total. The van der Waals surface area contributed by atoms with E-state index in [0.29, 0.717) is 11.6 Å². The Labute approximate surface area is 118 Å². The van der Waals surface area contributed by atoms with Crippen LogP contribution in [0.4, 0.5) is 4.39 Å². The molecule has 0 aromatic heterocycles. The smallest absolute Gasteiger partial charge is 0.173 e. The van der Waals surface area contributed by atoms with Crippen molar-refractivity contribution in [1.29, 1.82) is 0 Å². The van der Waals surface area contributed by atoms with Crippen molar-refractivity contribution in [2.24, 2.45) is 0 Å². The van der Waals surface area contributed by atoms with Gasteiger partial charge in [-0.25, -0.2) is 4.39 Å². The van der Waals surface area contributed by atoms with Gasteiger partial charge in [-0.05, 0) is 31.5 Å². The van der Waals surface area contributed by atoms with E-state index in [-0.39, 0.29) is 17.6 Å². The molecule has 0 unspecified atom stereocenters. The van der Waals surface area contributed by atoms with Gasteiger partial charge in [0.25, 0.3) is 0 Å². The first-order valence-electron chi connectivity index (χ1n) is 6.70. The van der Waals surface area contributed by atoms with Crippen molar-refractivity contribution in [3.8, 4) is 5.75 Å². The predicted octanol–water partition coefficient (Wildman–Crippen LogP) is 2.84. The quantitative estimate of drug-likeness (QED) is 0.921. The van der Waals surface area contributed by atoms with E-state index in [0.717, 1.165) is 31.7 Å². The minimum absolute atomic E-state index is 0.153. The van der Waals surface area contributed by atoms with Crippen LogP contribution >= 0.6 is 11.6 Å². The number of hydrogen-bond donors (Lipinski definition) is 1. The van der Waals surface area contributed by atoms with Gasteiger partial charge in [0.05, 0.1) is 11.6 Å². The number of nitrogens with one attached hydrogen (secondary N) is 1. The summed E-state index contributed by atoms with van der Waals surface area (Å²) in [5.74, 6) is -0.230. The summed E-state index contributed by atoms with van der Waals surface area (Å²) < 4.78 is 19.2. The fraction of sp³-hybridized carbons (Fsp3) is 0.571. The van der Waals surface area contributed by atoms with E-state index in [9.17, 15) is 4.39 Å². The molecule has 0 aliphatic carbocycles. The van der Waals surface area contributed by atoms with E-state index < -0.39 is 0 Å². The summed E-state index contributed by atoms with van der Waals surface area (Å²) in [5, 5.41) is 3.65. The molecule has 3 nitrogen and oxygen atoms in total. The largest absolute Gasteiger partial charge is 0.489 e. The molecule has 5 heteroatoms. The number of hydrogen-bond acceptors (Lipinski definition) is 3. The van der Waals surface area contributed by atoms with Gasteiger partial charge in [0.2, 0.25) is 0 Å². The average Bonchev–Trinajstić information content (AvgIpc) is 2.43. The molecule has 2 rings (SSSR count). The lowest BCUT2D eigenvalue weighted by atomic mass is 10.1. The summed E-state index contributed by atoms with van der Waals surface area (Å²) in [5.41, 5.74) is 0.896. The number of nitrogens with zero attached hydrogens (tertiary/aromatic N) is 1. The molecule has 1 aromatic carbocycles. The molecule has 1 aliphatic rings. The van der Waals surface area contributed by atoms with Crippen LogP contribution < -0.4 is 10.1 Å². The van der Waals surface area contributed by atoms with E-state index >= 15 is 0 Å². The van der Waals surface area contributed by atoms with E-state index in [2.05, 4.69) is 17.1 Å². The highest BCUT2D eigenvalue weighted by atomic mass is 35.5. The van der Waals surface area contributed by atoms with Crippen LogP contribution in [0.1, 0.15) is 25.5 Å². The van der Waals surface area contributed by atoms with Gasteiger partial charge >= 0.3 is 0 Å². The summed E-state index contributed by atoms with van der Waals surface area (Å²) >= 11 is 6.10. The summed E-state index contributed by atoms with van der Waals surface area (Å²) in [6.07, 6.45) is 0. The monoisotopic (exact) mass is 286 g/mol. The number of ether oxygens (including phenoxy) is 1. The van der Waals surface area contributed by atoms with Crippen molar-refractivity contribution in [2.45, 2.75) is 19.9 Å². The SMILES string of the molecule is CCOc1c(F)cc([C@@H](C)N2CCNCC2)cc1Cl. The van der Waals surface area contributed by atoms with Gasteiger partial charge in [-0.15, -0.1) is 0 Å². The summed E-state index contributed by atoms with van der Waals surface area (Å²) in [7, 11) is 0. The molecule has 1 heterocycles. The Hall–Kier alpha value is -0.840. The minimum atomic E-state index is -0.383. The lowest BCUT2D eigenvalue weighted by molar-refractivity contribution is 0.185. The van der Waals surface area contributed by atoms with E-state index in [1.807, 2.05) is 13.0 Å². The highest BCUT2D eigenvalue weighted by Gasteiger charge is 2.20. The maximum absolute atomic E-state index is 14.0. The predicted molar refractivity (Wildman–Crippen MR) is 75.4 cm³/mol. The minimum Gasteiger partial charge on any atom is -0.489 e. The second-order valence-electron chi connectivity index (χ2n) is 4.71. The Morgan fingerprint density at radius 2 is 2.11 bits per heavy atom. The molecule has 1 atom stereocenters. The lowest BCUT2D eigenvalue weighted by Gasteiger charge is -2.33. The second kappa shape index (κ2) is 6.55. The first-order chi connectivity index (χ1) is 9.13. The maximum atomic E-state index is 14.0. The Morgan fingerprint density at radius 1 is 1.42 bits per heavy atom. The van der Waals surface area contributed by atoms with E-state index in [1.165, 1.54) is 6.07 Å². The molecule has 0 saturated carbocycles. The zero-order valence-electron chi connectivity index (χ0n) is 11.4. The van der Waals surface area contributed by atoms with Crippen LogP contribution in [-0.2, 0) is 0 Å². The third kappa shape index (κ3) is 3.38. The Morgan fingerprint density at radius 3 is 2.68 bits per heavy atom. The number of piperazine rings is 1.